The number of likely N-dealkylation sites (N-methyl/N-ethyl adjacent to an activating group) is 1. The fraction of sp³-hybridized carbons (Fsp3) is 0.200. The second-order valence-electron chi connectivity index (χ2n) is 5.79. The van der Waals surface area contributed by atoms with E-state index in [4.69, 9.17) is 4.74 Å². The van der Waals surface area contributed by atoms with E-state index >= 15 is 0 Å². The van der Waals surface area contributed by atoms with E-state index < -0.39 is 0 Å². The lowest BCUT2D eigenvalue weighted by atomic mass is 10.0. The third-order valence-corrected chi connectivity index (χ3v) is 3.93. The monoisotopic (exact) mass is 336 g/mol. The molecule has 1 aliphatic rings. The van der Waals surface area contributed by atoms with Gasteiger partial charge in [-0.3, -0.25) is 14.5 Å². The van der Waals surface area contributed by atoms with Crippen molar-refractivity contribution in [1.29, 1.82) is 0 Å². The summed E-state index contributed by atoms with van der Waals surface area (Å²) < 4.78 is 5.62. The van der Waals surface area contributed by atoms with Crippen molar-refractivity contribution >= 4 is 23.1 Å². The second-order valence-corrected chi connectivity index (χ2v) is 5.79. The minimum Gasteiger partial charge on any atom is -0.494 e. The predicted molar refractivity (Wildman–Crippen MR) is 97.0 cm³/mol. The van der Waals surface area contributed by atoms with Crippen LogP contribution < -0.4 is 10.1 Å². The molecule has 1 aliphatic heterocycles. The zero-order chi connectivity index (χ0) is 17.8. The highest BCUT2D eigenvalue weighted by atomic mass is 16.5. The first kappa shape index (κ1) is 16.8. The molecular weight excluding hydrogens is 316 g/mol. The van der Waals surface area contributed by atoms with Crippen molar-refractivity contribution in [1.82, 2.24) is 4.90 Å². The summed E-state index contributed by atoms with van der Waals surface area (Å²) in [4.78, 5) is 26.1. The molecule has 1 heterocycles. The van der Waals surface area contributed by atoms with Gasteiger partial charge in [-0.15, -0.1) is 0 Å². The molecule has 0 aromatic heterocycles. The summed E-state index contributed by atoms with van der Waals surface area (Å²) in [6.45, 7) is 2.67. The van der Waals surface area contributed by atoms with Gasteiger partial charge < -0.3 is 10.1 Å². The van der Waals surface area contributed by atoms with E-state index in [1.807, 2.05) is 61.5 Å². The van der Waals surface area contributed by atoms with Crippen LogP contribution in [0.1, 0.15) is 18.9 Å². The fourth-order valence-electron chi connectivity index (χ4n) is 2.66. The largest absolute Gasteiger partial charge is 0.494 e. The van der Waals surface area contributed by atoms with Crippen molar-refractivity contribution in [2.45, 2.75) is 13.3 Å². The molecule has 0 radical (unpaired) electrons. The number of hydrogen-bond acceptors (Lipinski definition) is 4. The van der Waals surface area contributed by atoms with E-state index in [2.05, 4.69) is 5.32 Å². The molecule has 0 saturated heterocycles. The summed E-state index contributed by atoms with van der Waals surface area (Å²) in [7, 11) is 1.49. The Bertz CT molecular complexity index is 828. The lowest BCUT2D eigenvalue weighted by molar-refractivity contribution is -0.135. The number of carbonyl (C=O) groups is 2. The summed E-state index contributed by atoms with van der Waals surface area (Å²) in [6.07, 6.45) is 0.915. The summed E-state index contributed by atoms with van der Waals surface area (Å²) in [5.41, 5.74) is 2.08. The summed E-state index contributed by atoms with van der Waals surface area (Å²) >= 11 is 0. The summed E-state index contributed by atoms with van der Waals surface area (Å²) in [5, 5.41) is 3.10. The van der Waals surface area contributed by atoms with Crippen LogP contribution in [0, 0.1) is 0 Å². The van der Waals surface area contributed by atoms with E-state index in [1.54, 1.807) is 0 Å². The molecule has 0 bridgehead atoms. The number of anilines is 1. The van der Waals surface area contributed by atoms with Gasteiger partial charge in [-0.05, 0) is 24.1 Å². The molecule has 0 aliphatic carbocycles. The van der Waals surface area contributed by atoms with E-state index in [0.717, 1.165) is 17.1 Å². The number of nitrogens with zero attached hydrogens (tertiary/aromatic N) is 1. The third kappa shape index (κ3) is 3.40. The lowest BCUT2D eigenvalue weighted by Crippen LogP contribution is -2.27. The van der Waals surface area contributed by atoms with Crippen LogP contribution in [0.4, 0.5) is 5.69 Å². The zero-order valence-corrected chi connectivity index (χ0v) is 14.3. The van der Waals surface area contributed by atoms with Gasteiger partial charge >= 0.3 is 0 Å². The van der Waals surface area contributed by atoms with E-state index in [9.17, 15) is 9.59 Å². The highest BCUT2D eigenvalue weighted by Crippen LogP contribution is 2.30. The van der Waals surface area contributed by atoms with Crippen molar-refractivity contribution in [3.63, 3.8) is 0 Å². The van der Waals surface area contributed by atoms with Crippen LogP contribution >= 0.6 is 0 Å². The van der Waals surface area contributed by atoms with Crippen LogP contribution in [0.25, 0.3) is 5.57 Å². The first-order chi connectivity index (χ1) is 12.1. The standard InChI is InChI=1S/C20H20N2O3/c1-3-12-25-16-11-7-10-15(13-16)21-18-17(14-8-5-4-6-9-14)19(23)22(2)20(18)24/h4-11,13,21H,3,12H2,1-2H3. The molecule has 128 valence electrons. The number of rotatable bonds is 6. The van der Waals surface area contributed by atoms with E-state index in [1.165, 1.54) is 7.05 Å². The number of hydrogen-bond donors (Lipinski definition) is 1. The molecule has 1 N–H and O–H groups in total. The molecule has 0 fully saturated rings. The van der Waals surface area contributed by atoms with Crippen LogP contribution in [0.2, 0.25) is 0 Å². The van der Waals surface area contributed by atoms with Gasteiger partial charge in [-0.25, -0.2) is 0 Å². The Balaban J connectivity index is 1.96. The Morgan fingerprint density at radius 2 is 1.76 bits per heavy atom. The summed E-state index contributed by atoms with van der Waals surface area (Å²) in [6, 6.07) is 16.6. The number of ether oxygens (including phenoxy) is 1. The van der Waals surface area contributed by atoms with Gasteiger partial charge in [0.25, 0.3) is 11.8 Å². The quantitative estimate of drug-likeness (QED) is 0.822. The smallest absolute Gasteiger partial charge is 0.277 e. The molecule has 5 nitrogen and oxygen atoms in total. The maximum absolute atomic E-state index is 12.5. The van der Waals surface area contributed by atoms with Gasteiger partial charge in [0.2, 0.25) is 0 Å². The molecule has 2 amide bonds. The van der Waals surface area contributed by atoms with Gasteiger partial charge in [0.05, 0.1) is 12.2 Å². The van der Waals surface area contributed by atoms with Crippen molar-refractivity contribution in [2.75, 3.05) is 19.0 Å². The van der Waals surface area contributed by atoms with Gasteiger partial charge in [0.15, 0.2) is 0 Å². The Hall–Kier alpha value is -3.08. The first-order valence-corrected chi connectivity index (χ1v) is 8.23. The van der Waals surface area contributed by atoms with Crippen LogP contribution in [-0.2, 0) is 9.59 Å². The zero-order valence-electron chi connectivity index (χ0n) is 14.3. The Kier molecular flexibility index (Phi) is 4.84. The first-order valence-electron chi connectivity index (χ1n) is 8.23. The molecule has 2 aromatic rings. The highest BCUT2D eigenvalue weighted by molar-refractivity contribution is 6.36. The molecule has 0 atom stereocenters. The van der Waals surface area contributed by atoms with Crippen LogP contribution in [0.3, 0.4) is 0 Å². The molecular formula is C20H20N2O3. The topological polar surface area (TPSA) is 58.6 Å². The molecule has 0 saturated carbocycles. The normalized spacial score (nSPS) is 14.2. The van der Waals surface area contributed by atoms with Crippen molar-refractivity contribution in [3.8, 4) is 5.75 Å². The van der Waals surface area contributed by atoms with Crippen LogP contribution in [0.5, 0.6) is 5.75 Å². The van der Waals surface area contributed by atoms with Crippen LogP contribution in [-0.4, -0.2) is 30.4 Å². The van der Waals surface area contributed by atoms with E-state index in [0.29, 0.717) is 23.4 Å². The minimum absolute atomic E-state index is 0.284. The third-order valence-electron chi connectivity index (χ3n) is 3.93. The van der Waals surface area contributed by atoms with Crippen molar-refractivity contribution < 1.29 is 14.3 Å². The fourth-order valence-corrected chi connectivity index (χ4v) is 2.66. The number of carbonyl (C=O) groups excluding carboxylic acids is 2. The molecule has 2 aromatic carbocycles. The molecule has 3 rings (SSSR count). The van der Waals surface area contributed by atoms with Gasteiger partial charge in [-0.2, -0.15) is 0 Å². The van der Waals surface area contributed by atoms with Gasteiger partial charge in [-0.1, -0.05) is 43.3 Å². The Morgan fingerprint density at radius 1 is 1.00 bits per heavy atom. The lowest BCUT2D eigenvalue weighted by Gasteiger charge is -2.11. The number of amides is 2. The SMILES string of the molecule is CCCOc1cccc(NC2=C(c3ccccc3)C(=O)N(C)C2=O)c1. The predicted octanol–water partition coefficient (Wildman–Crippen LogP) is 3.30. The highest BCUT2D eigenvalue weighted by Gasteiger charge is 2.36. The molecule has 0 unspecified atom stereocenters. The van der Waals surface area contributed by atoms with Crippen molar-refractivity contribution in [3.05, 3.63) is 65.9 Å². The number of benzene rings is 2. The van der Waals surface area contributed by atoms with Crippen LogP contribution in [0.15, 0.2) is 60.3 Å². The maximum Gasteiger partial charge on any atom is 0.277 e. The minimum atomic E-state index is -0.344. The van der Waals surface area contributed by atoms with Crippen molar-refractivity contribution in [2.24, 2.45) is 0 Å². The molecule has 0 spiro atoms. The van der Waals surface area contributed by atoms with E-state index in [-0.39, 0.29) is 17.5 Å². The van der Waals surface area contributed by atoms with Gasteiger partial charge in [0, 0.05) is 18.8 Å². The molecule has 5 heteroatoms. The summed E-state index contributed by atoms with van der Waals surface area (Å²) in [5.74, 6) is 0.0691. The average Bonchev–Trinajstić information content (AvgIpc) is 2.85. The van der Waals surface area contributed by atoms with Gasteiger partial charge in [0.1, 0.15) is 11.4 Å². The number of nitrogens with one attached hydrogen (secondary N) is 1. The Morgan fingerprint density at radius 3 is 2.48 bits per heavy atom. The number of imide groups is 1. The second kappa shape index (κ2) is 7.21. The maximum atomic E-state index is 12.5. The average molecular weight is 336 g/mol. The Labute approximate surface area is 146 Å². The molecule has 25 heavy (non-hydrogen) atoms.